The normalized spacial score (nSPS) is 22.9. The number of aryl methyl sites for hydroxylation is 2. The van der Waals surface area contributed by atoms with Crippen LogP contribution in [-0.2, 0) is 6.42 Å². The molecule has 1 saturated heterocycles. The van der Waals surface area contributed by atoms with Crippen molar-refractivity contribution in [3.05, 3.63) is 63.0 Å². The highest BCUT2D eigenvalue weighted by molar-refractivity contribution is 7.17. The van der Waals surface area contributed by atoms with Crippen molar-refractivity contribution >= 4 is 39.4 Å². The molecule has 0 spiro atoms. The summed E-state index contributed by atoms with van der Waals surface area (Å²) in [5.41, 5.74) is 7.29. The molecule has 0 radical (unpaired) electrons. The number of aromatic nitrogens is 3. The molecule has 4 heterocycles. The molecule has 38 heavy (non-hydrogen) atoms. The molecule has 4 aromatic rings. The van der Waals surface area contributed by atoms with Crippen molar-refractivity contribution in [3.8, 4) is 10.4 Å². The number of hydrogen-bond acceptors (Lipinski definition) is 6. The summed E-state index contributed by atoms with van der Waals surface area (Å²) >= 11 is 2.81. The Morgan fingerprint density at radius 1 is 1.13 bits per heavy atom. The van der Waals surface area contributed by atoms with Gasteiger partial charge in [-0.3, -0.25) is 14.0 Å². The van der Waals surface area contributed by atoms with E-state index in [0.29, 0.717) is 62.5 Å². The monoisotopic (exact) mass is 555 g/mol. The quantitative estimate of drug-likeness (QED) is 0.364. The maximum atomic E-state index is 14.1. The predicted molar refractivity (Wildman–Crippen MR) is 142 cm³/mol. The molecule has 1 aliphatic heterocycles. The zero-order valence-corrected chi connectivity index (χ0v) is 22.8. The fraction of sp³-hybridized carbons (Fsp3) is 0.407. The second-order valence-electron chi connectivity index (χ2n) is 10.5. The van der Waals surface area contributed by atoms with E-state index in [9.17, 15) is 18.4 Å². The van der Waals surface area contributed by atoms with E-state index in [2.05, 4.69) is 16.9 Å². The minimum absolute atomic E-state index is 0.0428. The van der Waals surface area contributed by atoms with Crippen LogP contribution in [-0.4, -0.2) is 43.7 Å². The van der Waals surface area contributed by atoms with Crippen LogP contribution in [0.3, 0.4) is 0 Å². The number of amides is 2. The van der Waals surface area contributed by atoms with E-state index < -0.39 is 17.5 Å². The van der Waals surface area contributed by atoms with Crippen molar-refractivity contribution in [2.45, 2.75) is 46.1 Å². The predicted octanol–water partition coefficient (Wildman–Crippen LogP) is 5.24. The lowest BCUT2D eigenvalue weighted by Gasteiger charge is -2.28. The Labute approximate surface area is 226 Å². The van der Waals surface area contributed by atoms with Crippen molar-refractivity contribution in [1.29, 1.82) is 0 Å². The van der Waals surface area contributed by atoms with Gasteiger partial charge in [0.05, 0.1) is 15.6 Å². The lowest BCUT2D eigenvalue weighted by Crippen LogP contribution is -2.40. The van der Waals surface area contributed by atoms with E-state index >= 15 is 0 Å². The van der Waals surface area contributed by atoms with Crippen molar-refractivity contribution in [3.63, 3.8) is 0 Å². The van der Waals surface area contributed by atoms with Gasteiger partial charge in [0, 0.05) is 30.1 Å². The second kappa shape index (κ2) is 9.23. The number of primary amides is 1. The standard InChI is InChI=1S/C27H27F2N5O2S2/c1-12-6-16-10-33(26(36)22-24(37-14(3)32-22)15-4-5-19(28)20(29)8-15)21(18(16)7-12)9-17-11-34-23(25(30)35)13(2)31-27(34)38-17/h4-5,8,11-12,16,18,21H,6-7,9-10H2,1-3H3,(H2,30,35)/t12?,16-,18-,21-/m0/s1. The van der Waals surface area contributed by atoms with Crippen LogP contribution in [0.25, 0.3) is 15.4 Å². The molecular formula is C27H27F2N5O2S2. The molecule has 1 saturated carbocycles. The van der Waals surface area contributed by atoms with Crippen LogP contribution < -0.4 is 5.73 Å². The van der Waals surface area contributed by atoms with Crippen molar-refractivity contribution in [1.82, 2.24) is 19.3 Å². The molecule has 198 valence electrons. The van der Waals surface area contributed by atoms with Gasteiger partial charge >= 0.3 is 0 Å². The molecular weight excluding hydrogens is 528 g/mol. The number of halogens is 2. The number of fused-ring (bicyclic) bond motifs is 2. The molecule has 3 aromatic heterocycles. The number of rotatable bonds is 5. The van der Waals surface area contributed by atoms with Crippen LogP contribution in [0.15, 0.2) is 24.4 Å². The van der Waals surface area contributed by atoms with Crippen molar-refractivity contribution < 1.29 is 18.4 Å². The summed E-state index contributed by atoms with van der Waals surface area (Å²) in [5, 5.41) is 0.687. The molecule has 2 fully saturated rings. The Morgan fingerprint density at radius 2 is 1.92 bits per heavy atom. The summed E-state index contributed by atoms with van der Waals surface area (Å²) in [6.07, 6.45) is 4.65. The Morgan fingerprint density at radius 3 is 2.66 bits per heavy atom. The van der Waals surface area contributed by atoms with Crippen molar-refractivity contribution in [2.24, 2.45) is 23.5 Å². The number of carbonyl (C=O) groups is 2. The summed E-state index contributed by atoms with van der Waals surface area (Å²) in [4.78, 5) is 39.3. The first-order valence-electron chi connectivity index (χ1n) is 12.6. The van der Waals surface area contributed by atoms with Gasteiger partial charge in [-0.25, -0.2) is 18.7 Å². The zero-order chi connectivity index (χ0) is 26.9. The number of hydrogen-bond donors (Lipinski definition) is 1. The van der Waals surface area contributed by atoms with E-state index in [-0.39, 0.29) is 17.6 Å². The van der Waals surface area contributed by atoms with Gasteiger partial charge in [0.1, 0.15) is 11.4 Å². The Kier molecular flexibility index (Phi) is 6.10. The lowest BCUT2D eigenvalue weighted by atomic mass is 9.91. The van der Waals surface area contributed by atoms with E-state index in [1.165, 1.54) is 28.7 Å². The fourth-order valence-corrected chi connectivity index (χ4v) is 8.36. The number of nitrogens with zero attached hydrogens (tertiary/aromatic N) is 4. The van der Waals surface area contributed by atoms with Gasteiger partial charge in [0.15, 0.2) is 16.6 Å². The minimum atomic E-state index is -0.956. The first kappa shape index (κ1) is 25.1. The molecule has 0 bridgehead atoms. The minimum Gasteiger partial charge on any atom is -0.364 e. The highest BCUT2D eigenvalue weighted by Crippen LogP contribution is 2.47. The van der Waals surface area contributed by atoms with Crippen LogP contribution in [0.1, 0.15) is 56.3 Å². The third-order valence-corrected chi connectivity index (χ3v) is 9.91. The van der Waals surface area contributed by atoms with Gasteiger partial charge in [-0.15, -0.1) is 22.7 Å². The van der Waals surface area contributed by atoms with Gasteiger partial charge in [-0.1, -0.05) is 13.0 Å². The fourth-order valence-electron chi connectivity index (χ4n) is 6.38. The summed E-state index contributed by atoms with van der Waals surface area (Å²) in [6.45, 7) is 6.47. The number of thiazole rings is 2. The SMILES string of the molecule is Cc1nc(C(=O)N2C[C@@H]3CC(C)C[C@@H]3[C@@H]2Cc2cn3c(C(N)=O)c(C)nc3s2)c(-c2ccc(F)c(F)c2)s1. The molecule has 6 rings (SSSR count). The van der Waals surface area contributed by atoms with Gasteiger partial charge in [0.2, 0.25) is 0 Å². The Hall–Kier alpha value is -3.18. The van der Waals surface area contributed by atoms with Crippen LogP contribution in [0.4, 0.5) is 8.78 Å². The second-order valence-corrected chi connectivity index (χ2v) is 12.8. The van der Waals surface area contributed by atoms with Crippen LogP contribution >= 0.6 is 22.7 Å². The third kappa shape index (κ3) is 4.12. The third-order valence-electron chi connectivity index (χ3n) is 7.88. The first-order valence-corrected chi connectivity index (χ1v) is 14.2. The van der Waals surface area contributed by atoms with Crippen molar-refractivity contribution in [2.75, 3.05) is 6.54 Å². The summed E-state index contributed by atoms with van der Waals surface area (Å²) < 4.78 is 29.4. The molecule has 7 nitrogen and oxygen atoms in total. The molecule has 1 aliphatic carbocycles. The van der Waals surface area contributed by atoms with E-state index in [0.717, 1.165) is 29.9 Å². The largest absolute Gasteiger partial charge is 0.364 e. The number of imidazole rings is 1. The number of nitrogens with two attached hydrogens (primary N) is 1. The van der Waals surface area contributed by atoms with Crippen LogP contribution in [0.2, 0.25) is 0 Å². The highest BCUT2D eigenvalue weighted by atomic mass is 32.1. The average molecular weight is 556 g/mol. The molecule has 1 aromatic carbocycles. The molecule has 4 atom stereocenters. The molecule has 2 aliphatic rings. The summed E-state index contributed by atoms with van der Waals surface area (Å²) in [5.74, 6) is -1.25. The number of benzene rings is 1. The van der Waals surface area contributed by atoms with Gasteiger partial charge < -0.3 is 10.6 Å². The number of likely N-dealkylation sites (tertiary alicyclic amines) is 1. The Balaban J connectivity index is 1.35. The summed E-state index contributed by atoms with van der Waals surface area (Å²) in [7, 11) is 0. The molecule has 2 amide bonds. The van der Waals surface area contributed by atoms with Crippen LogP contribution in [0.5, 0.6) is 0 Å². The number of carbonyl (C=O) groups excluding carboxylic acids is 2. The zero-order valence-electron chi connectivity index (χ0n) is 21.2. The topological polar surface area (TPSA) is 93.6 Å². The van der Waals surface area contributed by atoms with E-state index in [4.69, 9.17) is 5.73 Å². The van der Waals surface area contributed by atoms with Gasteiger partial charge in [-0.05, 0) is 62.1 Å². The maximum absolute atomic E-state index is 14.1. The maximum Gasteiger partial charge on any atom is 0.274 e. The Bertz CT molecular complexity index is 1590. The lowest BCUT2D eigenvalue weighted by molar-refractivity contribution is 0.0704. The van der Waals surface area contributed by atoms with E-state index in [1.807, 2.05) is 18.0 Å². The van der Waals surface area contributed by atoms with Gasteiger partial charge in [-0.2, -0.15) is 0 Å². The average Bonchev–Trinajstić information content (AvgIpc) is 3.63. The van der Waals surface area contributed by atoms with Crippen LogP contribution in [0, 0.1) is 43.2 Å². The molecule has 11 heteroatoms. The molecule has 1 unspecified atom stereocenters. The van der Waals surface area contributed by atoms with Gasteiger partial charge in [0.25, 0.3) is 11.8 Å². The molecule has 2 N–H and O–H groups in total. The summed E-state index contributed by atoms with van der Waals surface area (Å²) in [6, 6.07) is 3.64. The van der Waals surface area contributed by atoms with E-state index in [1.54, 1.807) is 11.3 Å². The first-order chi connectivity index (χ1) is 18.1. The highest BCUT2D eigenvalue weighted by Gasteiger charge is 2.48. The smallest absolute Gasteiger partial charge is 0.274 e.